The molecule has 1 aliphatic heterocycles. The number of piperidine rings is 1. The number of hydrogen-bond acceptors (Lipinski definition) is 3. The molecule has 1 aliphatic rings. The predicted molar refractivity (Wildman–Crippen MR) is 68.8 cm³/mol. The SMILES string of the molecule is CC(=O)N1CCC[C@@H](CN(CCO)C(C)C)C1. The number of likely N-dealkylation sites (tertiary alicyclic amines) is 1. The molecular formula is C13H26N2O2. The van der Waals surface area contributed by atoms with E-state index in [0.29, 0.717) is 12.0 Å². The molecule has 1 amide bonds. The Labute approximate surface area is 105 Å². The zero-order chi connectivity index (χ0) is 12.8. The second-order valence-corrected chi connectivity index (χ2v) is 5.29. The van der Waals surface area contributed by atoms with Crippen LogP contribution in [-0.2, 0) is 4.79 Å². The molecule has 1 fully saturated rings. The molecule has 0 saturated carbocycles. The third kappa shape index (κ3) is 4.64. The molecule has 1 heterocycles. The Morgan fingerprint density at radius 2 is 2.24 bits per heavy atom. The van der Waals surface area contributed by atoms with Gasteiger partial charge in [0.1, 0.15) is 0 Å². The maximum atomic E-state index is 11.4. The van der Waals surface area contributed by atoms with Crippen LogP contribution in [0.15, 0.2) is 0 Å². The van der Waals surface area contributed by atoms with Gasteiger partial charge in [0, 0.05) is 39.1 Å². The maximum absolute atomic E-state index is 11.4. The van der Waals surface area contributed by atoms with Gasteiger partial charge < -0.3 is 10.0 Å². The van der Waals surface area contributed by atoms with Gasteiger partial charge in [0.05, 0.1) is 6.61 Å². The molecule has 0 aliphatic carbocycles. The van der Waals surface area contributed by atoms with Gasteiger partial charge in [-0.05, 0) is 32.6 Å². The van der Waals surface area contributed by atoms with Gasteiger partial charge in [-0.15, -0.1) is 0 Å². The minimum Gasteiger partial charge on any atom is -0.395 e. The van der Waals surface area contributed by atoms with Gasteiger partial charge in [0.25, 0.3) is 0 Å². The predicted octanol–water partition coefficient (Wildman–Crippen LogP) is 0.948. The normalized spacial score (nSPS) is 21.3. The molecule has 1 atom stereocenters. The lowest BCUT2D eigenvalue weighted by molar-refractivity contribution is -0.130. The first-order valence-electron chi connectivity index (χ1n) is 6.65. The smallest absolute Gasteiger partial charge is 0.219 e. The van der Waals surface area contributed by atoms with E-state index in [4.69, 9.17) is 5.11 Å². The van der Waals surface area contributed by atoms with E-state index >= 15 is 0 Å². The van der Waals surface area contributed by atoms with E-state index in [1.807, 2.05) is 4.90 Å². The van der Waals surface area contributed by atoms with E-state index in [1.165, 1.54) is 6.42 Å². The third-order valence-electron chi connectivity index (χ3n) is 3.57. The van der Waals surface area contributed by atoms with Crippen molar-refractivity contribution in [3.8, 4) is 0 Å². The minimum atomic E-state index is 0.188. The van der Waals surface area contributed by atoms with Crippen molar-refractivity contribution >= 4 is 5.91 Å². The molecule has 0 radical (unpaired) electrons. The van der Waals surface area contributed by atoms with Gasteiger partial charge in [-0.1, -0.05) is 0 Å². The maximum Gasteiger partial charge on any atom is 0.219 e. The molecular weight excluding hydrogens is 216 g/mol. The van der Waals surface area contributed by atoms with E-state index in [9.17, 15) is 4.79 Å². The standard InChI is InChI=1S/C13H26N2O2/c1-11(2)14(7-8-16)9-13-5-4-6-15(10-13)12(3)17/h11,13,16H,4-10H2,1-3H3/t13-/m0/s1. The monoisotopic (exact) mass is 242 g/mol. The second-order valence-electron chi connectivity index (χ2n) is 5.29. The quantitative estimate of drug-likeness (QED) is 0.780. The molecule has 0 bridgehead atoms. The summed E-state index contributed by atoms with van der Waals surface area (Å²) in [5, 5.41) is 9.05. The fraction of sp³-hybridized carbons (Fsp3) is 0.923. The van der Waals surface area contributed by atoms with E-state index in [-0.39, 0.29) is 12.5 Å². The molecule has 1 N–H and O–H groups in total. The summed E-state index contributed by atoms with van der Waals surface area (Å²) < 4.78 is 0. The third-order valence-corrected chi connectivity index (χ3v) is 3.57. The molecule has 17 heavy (non-hydrogen) atoms. The van der Waals surface area contributed by atoms with Crippen molar-refractivity contribution < 1.29 is 9.90 Å². The molecule has 4 nitrogen and oxygen atoms in total. The van der Waals surface area contributed by atoms with Gasteiger partial charge in [0.15, 0.2) is 0 Å². The Kier molecular flexibility index (Phi) is 5.92. The van der Waals surface area contributed by atoms with Crippen LogP contribution in [0, 0.1) is 5.92 Å². The van der Waals surface area contributed by atoms with Gasteiger partial charge in [-0.3, -0.25) is 9.69 Å². The Hall–Kier alpha value is -0.610. The highest BCUT2D eigenvalue weighted by Gasteiger charge is 2.24. The lowest BCUT2D eigenvalue weighted by Gasteiger charge is -2.36. The Bertz CT molecular complexity index is 244. The number of aliphatic hydroxyl groups is 1. The highest BCUT2D eigenvalue weighted by Crippen LogP contribution is 2.18. The van der Waals surface area contributed by atoms with Crippen molar-refractivity contribution in [2.75, 3.05) is 32.8 Å². The van der Waals surface area contributed by atoms with Gasteiger partial charge >= 0.3 is 0 Å². The summed E-state index contributed by atoms with van der Waals surface area (Å²) in [5.41, 5.74) is 0. The van der Waals surface area contributed by atoms with Gasteiger partial charge in [-0.25, -0.2) is 0 Å². The molecule has 1 rings (SSSR count). The summed E-state index contributed by atoms with van der Waals surface area (Å²) in [6.07, 6.45) is 2.30. The van der Waals surface area contributed by atoms with Crippen LogP contribution in [0.1, 0.15) is 33.6 Å². The highest BCUT2D eigenvalue weighted by atomic mass is 16.3. The van der Waals surface area contributed by atoms with Crippen molar-refractivity contribution in [2.45, 2.75) is 39.7 Å². The number of nitrogens with zero attached hydrogens (tertiary/aromatic N) is 2. The summed E-state index contributed by atoms with van der Waals surface area (Å²) in [4.78, 5) is 15.6. The van der Waals surface area contributed by atoms with Crippen LogP contribution in [0.2, 0.25) is 0 Å². The number of carbonyl (C=O) groups excluding carboxylic acids is 1. The molecule has 100 valence electrons. The molecule has 0 aromatic heterocycles. The van der Waals surface area contributed by atoms with Crippen LogP contribution in [-0.4, -0.2) is 59.6 Å². The van der Waals surface area contributed by atoms with E-state index in [0.717, 1.165) is 32.6 Å². The Morgan fingerprint density at radius 1 is 1.53 bits per heavy atom. The number of rotatable bonds is 5. The highest BCUT2D eigenvalue weighted by molar-refractivity contribution is 5.73. The minimum absolute atomic E-state index is 0.188. The van der Waals surface area contributed by atoms with E-state index in [2.05, 4.69) is 18.7 Å². The Balaban J connectivity index is 2.46. The molecule has 0 aromatic carbocycles. The van der Waals surface area contributed by atoms with Crippen molar-refractivity contribution in [1.29, 1.82) is 0 Å². The first-order valence-corrected chi connectivity index (χ1v) is 6.65. The molecule has 0 spiro atoms. The van der Waals surface area contributed by atoms with Crippen LogP contribution >= 0.6 is 0 Å². The van der Waals surface area contributed by atoms with Gasteiger partial charge in [0.2, 0.25) is 5.91 Å². The van der Waals surface area contributed by atoms with Crippen molar-refractivity contribution in [1.82, 2.24) is 9.80 Å². The number of amides is 1. The fourth-order valence-corrected chi connectivity index (χ4v) is 2.52. The lowest BCUT2D eigenvalue weighted by Crippen LogP contribution is -2.45. The average molecular weight is 242 g/mol. The fourth-order valence-electron chi connectivity index (χ4n) is 2.52. The second kappa shape index (κ2) is 6.97. The van der Waals surface area contributed by atoms with Gasteiger partial charge in [-0.2, -0.15) is 0 Å². The number of hydrogen-bond donors (Lipinski definition) is 1. The summed E-state index contributed by atoms with van der Waals surface area (Å²) in [6, 6.07) is 0.454. The van der Waals surface area contributed by atoms with Crippen LogP contribution < -0.4 is 0 Å². The zero-order valence-electron chi connectivity index (χ0n) is 11.4. The summed E-state index contributed by atoms with van der Waals surface area (Å²) in [6.45, 7) is 9.67. The van der Waals surface area contributed by atoms with Crippen LogP contribution in [0.3, 0.4) is 0 Å². The summed E-state index contributed by atoms with van der Waals surface area (Å²) in [7, 11) is 0. The first-order chi connectivity index (χ1) is 8.04. The van der Waals surface area contributed by atoms with Crippen molar-refractivity contribution in [3.63, 3.8) is 0 Å². The molecule has 4 heteroatoms. The largest absolute Gasteiger partial charge is 0.395 e. The van der Waals surface area contributed by atoms with Crippen LogP contribution in [0.25, 0.3) is 0 Å². The van der Waals surface area contributed by atoms with E-state index < -0.39 is 0 Å². The number of aliphatic hydroxyl groups excluding tert-OH is 1. The summed E-state index contributed by atoms with van der Waals surface area (Å²) in [5.74, 6) is 0.745. The number of carbonyl (C=O) groups is 1. The summed E-state index contributed by atoms with van der Waals surface area (Å²) >= 11 is 0. The topological polar surface area (TPSA) is 43.8 Å². The zero-order valence-corrected chi connectivity index (χ0v) is 11.4. The Morgan fingerprint density at radius 3 is 2.76 bits per heavy atom. The lowest BCUT2D eigenvalue weighted by atomic mass is 9.97. The molecule has 1 saturated heterocycles. The van der Waals surface area contributed by atoms with Crippen molar-refractivity contribution in [3.05, 3.63) is 0 Å². The molecule has 0 unspecified atom stereocenters. The average Bonchev–Trinajstić information content (AvgIpc) is 2.28. The first kappa shape index (κ1) is 14.5. The van der Waals surface area contributed by atoms with Crippen molar-refractivity contribution in [2.24, 2.45) is 5.92 Å². The van der Waals surface area contributed by atoms with Crippen LogP contribution in [0.5, 0.6) is 0 Å². The van der Waals surface area contributed by atoms with E-state index in [1.54, 1.807) is 6.92 Å². The molecule has 0 aromatic rings. The van der Waals surface area contributed by atoms with Crippen LogP contribution in [0.4, 0.5) is 0 Å².